The maximum atomic E-state index is 6.17. The number of nitrogens with one attached hydrogen (secondary N) is 2. The molecule has 0 spiro atoms. The number of rotatable bonds is 4. The zero-order valence-corrected chi connectivity index (χ0v) is 16.0. The van der Waals surface area contributed by atoms with Crippen LogP contribution in [0.4, 0.5) is 11.4 Å². The highest BCUT2D eigenvalue weighted by Gasteiger charge is 2.08. The van der Waals surface area contributed by atoms with E-state index in [1.54, 1.807) is 11.8 Å². The highest BCUT2D eigenvalue weighted by atomic mass is 35.5. The minimum atomic E-state index is 0.534. The molecule has 0 fully saturated rings. The third kappa shape index (κ3) is 4.75. The van der Waals surface area contributed by atoms with Gasteiger partial charge < -0.3 is 10.6 Å². The molecule has 25 heavy (non-hydrogen) atoms. The number of anilines is 2. The van der Waals surface area contributed by atoms with Crippen LogP contribution in [0.3, 0.4) is 0 Å². The first-order valence-corrected chi connectivity index (χ1v) is 9.39. The van der Waals surface area contributed by atoms with Crippen molar-refractivity contribution in [1.29, 1.82) is 0 Å². The van der Waals surface area contributed by atoms with Crippen molar-refractivity contribution in [3.05, 3.63) is 83.4 Å². The molecule has 0 radical (unpaired) electrons. The summed E-state index contributed by atoms with van der Waals surface area (Å²) in [5.74, 6) is 0. The monoisotopic (exact) mass is 384 g/mol. The van der Waals surface area contributed by atoms with Crippen LogP contribution < -0.4 is 10.6 Å². The summed E-state index contributed by atoms with van der Waals surface area (Å²) in [4.78, 5) is 2.29. The van der Waals surface area contributed by atoms with Gasteiger partial charge >= 0.3 is 0 Å². The van der Waals surface area contributed by atoms with Gasteiger partial charge in [-0.05, 0) is 61.1 Å². The molecule has 0 amide bonds. The lowest BCUT2D eigenvalue weighted by Gasteiger charge is -2.15. The van der Waals surface area contributed by atoms with Crippen LogP contribution in [0.2, 0.25) is 5.02 Å². The standard InChI is InChI=1S/C20H17ClN2S2/c1-14-16(21)10-7-12-17(14)22-20(24)23-18-11-5-6-13-19(18)25-15-8-3-2-4-9-15/h2-13H,1H3,(H2,22,23,24). The second-order valence-corrected chi connectivity index (χ2v) is 7.33. The fraction of sp³-hybridized carbons (Fsp3) is 0.0500. The minimum Gasteiger partial charge on any atom is -0.332 e. The average Bonchev–Trinajstić information content (AvgIpc) is 2.62. The van der Waals surface area contributed by atoms with Crippen molar-refractivity contribution in [3.8, 4) is 0 Å². The minimum absolute atomic E-state index is 0.534. The lowest BCUT2D eigenvalue weighted by Crippen LogP contribution is -2.20. The molecule has 0 aliphatic heterocycles. The van der Waals surface area contributed by atoms with Crippen molar-refractivity contribution in [1.82, 2.24) is 0 Å². The summed E-state index contributed by atoms with van der Waals surface area (Å²) in [6, 6.07) is 24.1. The molecule has 3 rings (SSSR count). The molecular weight excluding hydrogens is 368 g/mol. The van der Waals surface area contributed by atoms with Crippen LogP contribution in [0.15, 0.2) is 82.6 Å². The Bertz CT molecular complexity index is 882. The topological polar surface area (TPSA) is 24.1 Å². The van der Waals surface area contributed by atoms with Gasteiger partial charge in [0.15, 0.2) is 5.11 Å². The first kappa shape index (κ1) is 17.8. The fourth-order valence-corrected chi connectivity index (χ4v) is 3.61. The highest BCUT2D eigenvalue weighted by molar-refractivity contribution is 7.99. The summed E-state index contributed by atoms with van der Waals surface area (Å²) in [6.07, 6.45) is 0. The van der Waals surface area contributed by atoms with Crippen molar-refractivity contribution >= 4 is 52.1 Å². The van der Waals surface area contributed by atoms with Crippen molar-refractivity contribution < 1.29 is 0 Å². The van der Waals surface area contributed by atoms with Gasteiger partial charge in [0, 0.05) is 20.5 Å². The Labute approximate surface area is 162 Å². The van der Waals surface area contributed by atoms with Gasteiger partial charge in [0.1, 0.15) is 0 Å². The lowest BCUT2D eigenvalue weighted by molar-refractivity contribution is 1.39. The summed E-state index contributed by atoms with van der Waals surface area (Å²) in [7, 11) is 0. The molecule has 3 aromatic rings. The van der Waals surface area contributed by atoms with E-state index in [4.69, 9.17) is 23.8 Å². The molecule has 5 heteroatoms. The molecule has 0 atom stereocenters. The Morgan fingerprint density at radius 1 is 0.840 bits per heavy atom. The van der Waals surface area contributed by atoms with Crippen LogP contribution in [0.1, 0.15) is 5.56 Å². The second kappa shape index (κ2) is 8.39. The van der Waals surface area contributed by atoms with Crippen LogP contribution in [0.25, 0.3) is 0 Å². The molecule has 0 saturated carbocycles. The van der Waals surface area contributed by atoms with Gasteiger partial charge in [-0.15, -0.1) is 0 Å². The molecule has 0 aromatic heterocycles. The largest absolute Gasteiger partial charge is 0.332 e. The number of benzene rings is 3. The number of thiocarbonyl (C=S) groups is 1. The van der Waals surface area contributed by atoms with Crippen molar-refractivity contribution in [2.75, 3.05) is 10.6 Å². The van der Waals surface area contributed by atoms with Gasteiger partial charge in [-0.1, -0.05) is 59.8 Å². The summed E-state index contributed by atoms with van der Waals surface area (Å²) in [5, 5.41) is 7.75. The van der Waals surface area contributed by atoms with E-state index < -0.39 is 0 Å². The Morgan fingerprint density at radius 3 is 2.28 bits per heavy atom. The molecule has 0 bridgehead atoms. The van der Waals surface area contributed by atoms with E-state index in [1.807, 2.05) is 61.5 Å². The predicted octanol–water partition coefficient (Wildman–Crippen LogP) is 6.61. The number of halogens is 1. The maximum absolute atomic E-state index is 6.17. The average molecular weight is 385 g/mol. The third-order valence-corrected chi connectivity index (χ3v) is 5.32. The van der Waals surface area contributed by atoms with Crippen LogP contribution in [-0.4, -0.2) is 5.11 Å². The van der Waals surface area contributed by atoms with Crippen LogP contribution >= 0.6 is 35.6 Å². The van der Waals surface area contributed by atoms with E-state index in [0.717, 1.165) is 21.8 Å². The van der Waals surface area contributed by atoms with Gasteiger partial charge in [-0.2, -0.15) is 0 Å². The van der Waals surface area contributed by atoms with Crippen molar-refractivity contribution in [2.45, 2.75) is 16.7 Å². The number of hydrogen-bond acceptors (Lipinski definition) is 2. The Hall–Kier alpha value is -2.01. The van der Waals surface area contributed by atoms with E-state index in [9.17, 15) is 0 Å². The van der Waals surface area contributed by atoms with E-state index in [0.29, 0.717) is 10.1 Å². The summed E-state index contributed by atoms with van der Waals surface area (Å²) < 4.78 is 0. The molecular formula is C20H17ClN2S2. The Kier molecular flexibility index (Phi) is 5.97. The molecule has 0 heterocycles. The van der Waals surface area contributed by atoms with Gasteiger partial charge in [0.25, 0.3) is 0 Å². The van der Waals surface area contributed by atoms with E-state index in [-0.39, 0.29) is 0 Å². The first-order valence-electron chi connectivity index (χ1n) is 7.78. The van der Waals surface area contributed by atoms with E-state index >= 15 is 0 Å². The van der Waals surface area contributed by atoms with Gasteiger partial charge in [0.2, 0.25) is 0 Å². The second-order valence-electron chi connectivity index (χ2n) is 5.40. The SMILES string of the molecule is Cc1c(Cl)cccc1NC(=S)Nc1ccccc1Sc1ccccc1. The lowest BCUT2D eigenvalue weighted by atomic mass is 10.2. The van der Waals surface area contributed by atoms with E-state index in [2.05, 4.69) is 28.8 Å². The van der Waals surface area contributed by atoms with Crippen LogP contribution in [0, 0.1) is 6.92 Å². The first-order chi connectivity index (χ1) is 12.1. The molecule has 0 aliphatic rings. The molecule has 2 nitrogen and oxygen atoms in total. The van der Waals surface area contributed by atoms with Gasteiger partial charge in [0.05, 0.1) is 5.69 Å². The molecule has 0 unspecified atom stereocenters. The highest BCUT2D eigenvalue weighted by Crippen LogP contribution is 2.33. The van der Waals surface area contributed by atoms with Crippen molar-refractivity contribution in [3.63, 3.8) is 0 Å². The fourth-order valence-electron chi connectivity index (χ4n) is 2.29. The predicted molar refractivity (Wildman–Crippen MR) is 113 cm³/mol. The zero-order chi connectivity index (χ0) is 17.6. The number of hydrogen-bond donors (Lipinski definition) is 2. The summed E-state index contributed by atoms with van der Waals surface area (Å²) in [6.45, 7) is 1.96. The van der Waals surface area contributed by atoms with Gasteiger partial charge in [-0.3, -0.25) is 0 Å². The van der Waals surface area contributed by atoms with Crippen LogP contribution in [-0.2, 0) is 0 Å². The molecule has 0 aliphatic carbocycles. The summed E-state index contributed by atoms with van der Waals surface area (Å²) >= 11 is 13.3. The molecule has 0 saturated heterocycles. The normalized spacial score (nSPS) is 10.3. The molecule has 126 valence electrons. The smallest absolute Gasteiger partial charge is 0.175 e. The molecule has 2 N–H and O–H groups in total. The van der Waals surface area contributed by atoms with Gasteiger partial charge in [-0.25, -0.2) is 0 Å². The molecule has 3 aromatic carbocycles. The quantitative estimate of drug-likeness (QED) is 0.494. The Balaban J connectivity index is 1.74. The van der Waals surface area contributed by atoms with E-state index in [1.165, 1.54) is 4.90 Å². The van der Waals surface area contributed by atoms with Crippen LogP contribution in [0.5, 0.6) is 0 Å². The zero-order valence-electron chi connectivity index (χ0n) is 13.6. The van der Waals surface area contributed by atoms with Crippen molar-refractivity contribution in [2.24, 2.45) is 0 Å². The maximum Gasteiger partial charge on any atom is 0.175 e. The number of para-hydroxylation sites is 1. The summed E-state index contributed by atoms with van der Waals surface area (Å²) in [5.41, 5.74) is 2.84. The Morgan fingerprint density at radius 2 is 1.48 bits per heavy atom. The third-order valence-electron chi connectivity index (χ3n) is 3.62.